The molecule has 5 nitrogen and oxygen atoms in total. The first-order valence-corrected chi connectivity index (χ1v) is 12.0. The Kier molecular flexibility index (Phi) is 24.3. The maximum atomic E-state index is 11.7. The molecule has 0 aliphatic rings. The summed E-state index contributed by atoms with van der Waals surface area (Å²) in [4.78, 5) is 11.7. The second-order valence-electron chi connectivity index (χ2n) is 7.63. The van der Waals surface area contributed by atoms with Gasteiger partial charge in [0.05, 0.1) is 33.0 Å². The molecule has 1 amide bonds. The van der Waals surface area contributed by atoms with Gasteiger partial charge in [-0.25, -0.2) is 0 Å². The molecule has 0 bridgehead atoms. The number of aliphatic hydroxyl groups excluding tert-OH is 1. The van der Waals surface area contributed by atoms with Crippen LogP contribution in [0.3, 0.4) is 0 Å². The smallest absolute Gasteiger partial charge is 0.220 e. The van der Waals surface area contributed by atoms with Crippen molar-refractivity contribution in [2.24, 2.45) is 0 Å². The van der Waals surface area contributed by atoms with E-state index in [1.807, 2.05) is 0 Å². The van der Waals surface area contributed by atoms with Crippen LogP contribution in [0, 0.1) is 0 Å². The zero-order valence-corrected chi connectivity index (χ0v) is 19.0. The lowest BCUT2D eigenvalue weighted by atomic mass is 10.1. The normalized spacial score (nSPS) is 11.4. The molecule has 0 atom stereocenters. The minimum atomic E-state index is 0.0341. The van der Waals surface area contributed by atoms with Gasteiger partial charge in [-0.15, -0.1) is 0 Å². The molecule has 0 aromatic heterocycles. The zero-order valence-electron chi connectivity index (χ0n) is 19.0. The van der Waals surface area contributed by atoms with Gasteiger partial charge in [-0.05, 0) is 32.1 Å². The third kappa shape index (κ3) is 25.1. The molecule has 0 spiro atoms. The molecule has 5 heteroatoms. The molecule has 172 valence electrons. The number of allylic oxidation sites excluding steroid dienone is 2. The van der Waals surface area contributed by atoms with Gasteiger partial charge in [0.1, 0.15) is 0 Å². The molecule has 0 unspecified atom stereocenters. The van der Waals surface area contributed by atoms with Crippen molar-refractivity contribution in [3.63, 3.8) is 0 Å². The standard InChI is InChI=1S/C24H47NO4/c1-2-3-4-5-6-7-8-9-10-11-12-13-14-15-16-17-24(27)25-18-20-28-22-23-29-21-19-26/h9-10,26H,2-8,11-23H2,1H3,(H,25,27). The summed E-state index contributed by atoms with van der Waals surface area (Å²) < 4.78 is 10.4. The van der Waals surface area contributed by atoms with Crippen molar-refractivity contribution in [3.05, 3.63) is 12.2 Å². The minimum Gasteiger partial charge on any atom is -0.394 e. The number of rotatable bonds is 23. The summed E-state index contributed by atoms with van der Waals surface area (Å²) in [5.74, 6) is 0.114. The van der Waals surface area contributed by atoms with E-state index in [0.717, 1.165) is 12.8 Å². The van der Waals surface area contributed by atoms with Crippen LogP contribution < -0.4 is 5.32 Å². The minimum absolute atomic E-state index is 0.0341. The van der Waals surface area contributed by atoms with Crippen molar-refractivity contribution in [2.75, 3.05) is 39.6 Å². The van der Waals surface area contributed by atoms with Crippen LogP contribution in [0.25, 0.3) is 0 Å². The molecule has 0 aliphatic carbocycles. The average Bonchev–Trinajstić information content (AvgIpc) is 2.72. The van der Waals surface area contributed by atoms with Crippen LogP contribution in [-0.4, -0.2) is 50.6 Å². The van der Waals surface area contributed by atoms with Gasteiger partial charge in [-0.1, -0.05) is 70.4 Å². The summed E-state index contributed by atoms with van der Waals surface area (Å²) in [6.07, 6.45) is 21.8. The van der Waals surface area contributed by atoms with Crippen LogP contribution in [0.2, 0.25) is 0 Å². The van der Waals surface area contributed by atoms with Crippen LogP contribution in [0.4, 0.5) is 0 Å². The molecule has 0 fully saturated rings. The monoisotopic (exact) mass is 413 g/mol. The van der Waals surface area contributed by atoms with Crippen LogP contribution in [0.5, 0.6) is 0 Å². The molecule has 29 heavy (non-hydrogen) atoms. The summed E-state index contributed by atoms with van der Waals surface area (Å²) in [5.41, 5.74) is 0. The Bertz CT molecular complexity index is 361. The highest BCUT2D eigenvalue weighted by Gasteiger charge is 2.00. The van der Waals surface area contributed by atoms with Gasteiger partial charge in [-0.2, -0.15) is 0 Å². The zero-order chi connectivity index (χ0) is 21.3. The maximum Gasteiger partial charge on any atom is 0.220 e. The Balaban J connectivity index is 3.19. The number of aliphatic hydroxyl groups is 1. The van der Waals surface area contributed by atoms with Crippen molar-refractivity contribution in [1.82, 2.24) is 5.32 Å². The van der Waals surface area contributed by atoms with Crippen molar-refractivity contribution in [2.45, 2.75) is 96.8 Å². The number of nitrogens with one attached hydrogen (secondary N) is 1. The Labute approximate surface area is 179 Å². The molecule has 0 heterocycles. The van der Waals surface area contributed by atoms with Crippen molar-refractivity contribution < 1.29 is 19.4 Å². The second-order valence-corrected chi connectivity index (χ2v) is 7.63. The van der Waals surface area contributed by atoms with Crippen molar-refractivity contribution in [1.29, 1.82) is 0 Å². The fourth-order valence-corrected chi connectivity index (χ4v) is 3.09. The van der Waals surface area contributed by atoms with E-state index in [0.29, 0.717) is 39.4 Å². The van der Waals surface area contributed by atoms with Crippen LogP contribution >= 0.6 is 0 Å². The Morgan fingerprint density at radius 1 is 0.759 bits per heavy atom. The SMILES string of the molecule is CCCCCCCCC=CCCCCCCCC(=O)NCCOCCOCCO. The van der Waals surface area contributed by atoms with Crippen LogP contribution in [0.15, 0.2) is 12.2 Å². The van der Waals surface area contributed by atoms with E-state index >= 15 is 0 Å². The molecule has 0 radical (unpaired) electrons. The average molecular weight is 414 g/mol. The molecule has 0 aromatic carbocycles. The second kappa shape index (κ2) is 25.1. The fourth-order valence-electron chi connectivity index (χ4n) is 3.09. The summed E-state index contributed by atoms with van der Waals surface area (Å²) in [6.45, 7) is 4.65. The number of carbonyl (C=O) groups is 1. The van der Waals surface area contributed by atoms with Gasteiger partial charge in [0.2, 0.25) is 5.91 Å². The molecule has 2 N–H and O–H groups in total. The topological polar surface area (TPSA) is 67.8 Å². The predicted molar refractivity (Wildman–Crippen MR) is 121 cm³/mol. The number of carbonyl (C=O) groups excluding carboxylic acids is 1. The number of amides is 1. The predicted octanol–water partition coefficient (Wildman–Crippen LogP) is 5.17. The first-order chi connectivity index (χ1) is 14.3. The number of unbranched alkanes of at least 4 members (excludes halogenated alkanes) is 11. The van der Waals surface area contributed by atoms with E-state index in [2.05, 4.69) is 24.4 Å². The quantitative estimate of drug-likeness (QED) is 0.179. The first-order valence-electron chi connectivity index (χ1n) is 12.0. The lowest BCUT2D eigenvalue weighted by molar-refractivity contribution is -0.121. The summed E-state index contributed by atoms with van der Waals surface area (Å²) >= 11 is 0. The fraction of sp³-hybridized carbons (Fsp3) is 0.875. The van der Waals surface area contributed by atoms with Gasteiger partial charge >= 0.3 is 0 Å². The highest BCUT2D eigenvalue weighted by atomic mass is 16.5. The van der Waals surface area contributed by atoms with E-state index < -0.39 is 0 Å². The Hall–Kier alpha value is -0.910. The van der Waals surface area contributed by atoms with Gasteiger partial charge in [0.15, 0.2) is 0 Å². The molecule has 0 aliphatic heterocycles. The highest BCUT2D eigenvalue weighted by molar-refractivity contribution is 5.75. The Morgan fingerprint density at radius 3 is 1.93 bits per heavy atom. The van der Waals surface area contributed by atoms with E-state index in [4.69, 9.17) is 14.6 Å². The first kappa shape index (κ1) is 28.1. The van der Waals surface area contributed by atoms with Gasteiger partial charge in [0, 0.05) is 13.0 Å². The van der Waals surface area contributed by atoms with Gasteiger partial charge in [0.25, 0.3) is 0 Å². The Morgan fingerprint density at radius 2 is 1.31 bits per heavy atom. The van der Waals surface area contributed by atoms with Crippen LogP contribution in [-0.2, 0) is 14.3 Å². The van der Waals surface area contributed by atoms with Crippen molar-refractivity contribution >= 4 is 5.91 Å². The van der Waals surface area contributed by atoms with E-state index in [1.165, 1.54) is 70.6 Å². The largest absolute Gasteiger partial charge is 0.394 e. The van der Waals surface area contributed by atoms with Crippen molar-refractivity contribution in [3.8, 4) is 0 Å². The summed E-state index contributed by atoms with van der Waals surface area (Å²) in [6, 6.07) is 0. The number of hydrogen-bond donors (Lipinski definition) is 2. The molecular weight excluding hydrogens is 366 g/mol. The number of ether oxygens (including phenoxy) is 2. The molecule has 0 aromatic rings. The number of hydrogen-bond acceptors (Lipinski definition) is 4. The lowest BCUT2D eigenvalue weighted by Gasteiger charge is -2.07. The van der Waals surface area contributed by atoms with Gasteiger partial charge < -0.3 is 19.9 Å². The summed E-state index contributed by atoms with van der Waals surface area (Å²) in [7, 11) is 0. The van der Waals surface area contributed by atoms with Gasteiger partial charge in [-0.3, -0.25) is 4.79 Å². The molecular formula is C24H47NO4. The third-order valence-electron chi connectivity index (χ3n) is 4.84. The van der Waals surface area contributed by atoms with Crippen LogP contribution in [0.1, 0.15) is 96.8 Å². The molecule has 0 rings (SSSR count). The van der Waals surface area contributed by atoms with E-state index in [9.17, 15) is 4.79 Å². The maximum absolute atomic E-state index is 11.7. The van der Waals surface area contributed by atoms with E-state index in [-0.39, 0.29) is 12.5 Å². The molecule has 0 saturated carbocycles. The highest BCUT2D eigenvalue weighted by Crippen LogP contribution is 2.09. The lowest BCUT2D eigenvalue weighted by Crippen LogP contribution is -2.27. The molecule has 0 saturated heterocycles. The van der Waals surface area contributed by atoms with E-state index in [1.54, 1.807) is 0 Å². The third-order valence-corrected chi connectivity index (χ3v) is 4.84. The summed E-state index contributed by atoms with van der Waals surface area (Å²) in [5, 5.41) is 11.4.